The number of hydrogen-bond donors (Lipinski definition) is 1. The van der Waals surface area contributed by atoms with E-state index in [1.54, 1.807) is 11.3 Å². The van der Waals surface area contributed by atoms with Crippen LogP contribution in [0.2, 0.25) is 0 Å². The third-order valence-corrected chi connectivity index (χ3v) is 5.53. The van der Waals surface area contributed by atoms with Crippen LogP contribution in [-0.4, -0.2) is 28.6 Å². The first kappa shape index (κ1) is 16.5. The van der Waals surface area contributed by atoms with Gasteiger partial charge in [0.25, 0.3) is 0 Å². The van der Waals surface area contributed by atoms with Crippen molar-refractivity contribution in [2.45, 2.75) is 70.9 Å². The highest BCUT2D eigenvalue weighted by atomic mass is 32.1. The van der Waals surface area contributed by atoms with Gasteiger partial charge in [-0.25, -0.2) is 0 Å². The third kappa shape index (κ3) is 4.07. The topological polar surface area (TPSA) is 40.5 Å². The molecule has 0 spiro atoms. The van der Waals surface area contributed by atoms with Crippen molar-refractivity contribution in [2.75, 3.05) is 6.54 Å². The lowest BCUT2D eigenvalue weighted by atomic mass is 9.96. The van der Waals surface area contributed by atoms with Gasteiger partial charge in [0.1, 0.15) is 6.04 Å². The lowest BCUT2D eigenvalue weighted by molar-refractivity contribution is -0.145. The molecule has 2 heterocycles. The van der Waals surface area contributed by atoms with Crippen LogP contribution in [0.4, 0.5) is 0 Å². The molecule has 4 heteroatoms. The Bertz CT molecular complexity index is 457. The number of hydrogen-bond acceptors (Lipinski definition) is 3. The molecule has 2 atom stereocenters. The third-order valence-electron chi connectivity index (χ3n) is 4.53. The lowest BCUT2D eigenvalue weighted by Crippen LogP contribution is -2.44. The summed E-state index contributed by atoms with van der Waals surface area (Å²) >= 11 is 1.70. The summed E-state index contributed by atoms with van der Waals surface area (Å²) < 4.78 is 0. The molecule has 0 aromatic carbocycles. The summed E-state index contributed by atoms with van der Waals surface area (Å²) in [5.74, 6) is -0.702. The molecule has 3 nitrogen and oxygen atoms in total. The van der Waals surface area contributed by atoms with E-state index in [0.29, 0.717) is 6.04 Å². The normalized spacial score (nSPS) is 20.2. The van der Waals surface area contributed by atoms with Crippen LogP contribution in [0.3, 0.4) is 0 Å². The zero-order chi connectivity index (χ0) is 15.2. The largest absolute Gasteiger partial charge is 0.480 e. The van der Waals surface area contributed by atoms with Gasteiger partial charge in [0.2, 0.25) is 0 Å². The Morgan fingerprint density at radius 1 is 1.43 bits per heavy atom. The summed E-state index contributed by atoms with van der Waals surface area (Å²) in [7, 11) is 0. The van der Waals surface area contributed by atoms with E-state index in [9.17, 15) is 9.90 Å². The van der Waals surface area contributed by atoms with Gasteiger partial charge >= 0.3 is 5.97 Å². The predicted octanol–water partition coefficient (Wildman–Crippen LogP) is 4.48. The van der Waals surface area contributed by atoms with Crippen molar-refractivity contribution >= 4 is 17.3 Å². The fraction of sp³-hybridized carbons (Fsp3) is 0.706. The van der Waals surface area contributed by atoms with Crippen molar-refractivity contribution in [1.29, 1.82) is 0 Å². The number of fused-ring (bicyclic) bond motifs is 1. The number of carbonyl (C=O) groups is 1. The average molecular weight is 309 g/mol. The minimum atomic E-state index is -0.702. The van der Waals surface area contributed by atoms with Crippen molar-refractivity contribution in [3.05, 3.63) is 21.9 Å². The fourth-order valence-corrected chi connectivity index (χ4v) is 4.20. The molecule has 0 fully saturated rings. The Balaban J connectivity index is 1.94. The summed E-state index contributed by atoms with van der Waals surface area (Å²) in [6, 6.07) is 1.91. The lowest BCUT2D eigenvalue weighted by Gasteiger charge is -2.37. The van der Waals surface area contributed by atoms with Crippen LogP contribution in [0.1, 0.15) is 68.9 Å². The molecule has 2 unspecified atom stereocenters. The van der Waals surface area contributed by atoms with Crippen molar-refractivity contribution in [3.63, 3.8) is 0 Å². The smallest absolute Gasteiger partial charge is 0.325 e. The van der Waals surface area contributed by atoms with Gasteiger partial charge in [-0.05, 0) is 36.8 Å². The molecular formula is C17H27NO2S. The van der Waals surface area contributed by atoms with Gasteiger partial charge in [0, 0.05) is 17.5 Å². The van der Waals surface area contributed by atoms with Crippen molar-refractivity contribution in [2.24, 2.45) is 0 Å². The van der Waals surface area contributed by atoms with E-state index >= 15 is 0 Å². The summed E-state index contributed by atoms with van der Waals surface area (Å²) in [4.78, 5) is 15.2. The van der Waals surface area contributed by atoms with Crippen LogP contribution in [0.25, 0.3) is 0 Å². The number of aliphatic carboxylic acids is 1. The first-order chi connectivity index (χ1) is 10.1. The fourth-order valence-electron chi connectivity index (χ4n) is 3.29. The molecule has 0 radical (unpaired) electrons. The quantitative estimate of drug-likeness (QED) is 0.720. The van der Waals surface area contributed by atoms with E-state index in [2.05, 4.69) is 18.7 Å². The Kier molecular flexibility index (Phi) is 6.24. The Hall–Kier alpha value is -0.870. The number of unbranched alkanes of at least 4 members (excludes halogenated alkanes) is 4. The van der Waals surface area contributed by atoms with E-state index in [0.717, 1.165) is 24.9 Å². The van der Waals surface area contributed by atoms with Gasteiger partial charge in [0.05, 0.1) is 0 Å². The highest BCUT2D eigenvalue weighted by Gasteiger charge is 2.35. The molecule has 1 N–H and O–H groups in total. The van der Waals surface area contributed by atoms with Gasteiger partial charge in [-0.1, -0.05) is 39.0 Å². The predicted molar refractivity (Wildman–Crippen MR) is 87.9 cm³/mol. The highest BCUT2D eigenvalue weighted by Crippen LogP contribution is 2.35. The molecule has 118 valence electrons. The molecule has 0 bridgehead atoms. The maximum absolute atomic E-state index is 11.7. The number of carboxylic acids is 1. The standard InChI is InChI=1S/C17H27NO2S/c1-3-4-5-6-7-8-13(2)18-11-9-15-14(10-12-21-15)16(18)17(19)20/h10,12-13,16H,3-9,11H2,1-2H3,(H,19,20). The molecular weight excluding hydrogens is 282 g/mol. The van der Waals surface area contributed by atoms with Gasteiger partial charge in [-0.15, -0.1) is 11.3 Å². The molecule has 2 rings (SSSR count). The van der Waals surface area contributed by atoms with Crippen LogP contribution < -0.4 is 0 Å². The second-order valence-electron chi connectivity index (χ2n) is 6.08. The van der Waals surface area contributed by atoms with Gasteiger partial charge < -0.3 is 5.11 Å². The molecule has 1 aliphatic heterocycles. The molecule has 0 amide bonds. The maximum atomic E-state index is 11.7. The summed E-state index contributed by atoms with van der Waals surface area (Å²) in [6.07, 6.45) is 8.47. The van der Waals surface area contributed by atoms with Crippen molar-refractivity contribution in [1.82, 2.24) is 4.90 Å². The van der Waals surface area contributed by atoms with Gasteiger partial charge in [-0.3, -0.25) is 9.69 Å². The van der Waals surface area contributed by atoms with Crippen LogP contribution in [0.5, 0.6) is 0 Å². The first-order valence-electron chi connectivity index (χ1n) is 8.20. The molecule has 0 saturated heterocycles. The number of thiophene rings is 1. The van der Waals surface area contributed by atoms with E-state index < -0.39 is 12.0 Å². The minimum absolute atomic E-state index is 0.348. The van der Waals surface area contributed by atoms with E-state index in [4.69, 9.17) is 0 Å². The van der Waals surface area contributed by atoms with Crippen molar-refractivity contribution in [3.8, 4) is 0 Å². The SMILES string of the molecule is CCCCCCCC(C)N1CCc2sccc2C1C(=O)O. The van der Waals surface area contributed by atoms with Crippen LogP contribution >= 0.6 is 11.3 Å². The summed E-state index contributed by atoms with van der Waals surface area (Å²) in [5, 5.41) is 11.7. The zero-order valence-electron chi connectivity index (χ0n) is 13.2. The molecule has 0 saturated carbocycles. The van der Waals surface area contributed by atoms with Crippen LogP contribution in [0.15, 0.2) is 11.4 Å². The monoisotopic (exact) mass is 309 g/mol. The first-order valence-corrected chi connectivity index (χ1v) is 9.08. The molecule has 0 aliphatic carbocycles. The second kappa shape index (κ2) is 7.95. The summed E-state index contributed by atoms with van der Waals surface area (Å²) in [5.41, 5.74) is 1.02. The van der Waals surface area contributed by atoms with Gasteiger partial charge in [0.15, 0.2) is 0 Å². The second-order valence-corrected chi connectivity index (χ2v) is 7.08. The maximum Gasteiger partial charge on any atom is 0.325 e. The number of carboxylic acid groups (broad SMARTS) is 1. The Morgan fingerprint density at radius 3 is 2.90 bits per heavy atom. The van der Waals surface area contributed by atoms with Crippen molar-refractivity contribution < 1.29 is 9.90 Å². The minimum Gasteiger partial charge on any atom is -0.480 e. The van der Waals surface area contributed by atoms with E-state index in [1.165, 1.54) is 37.0 Å². The molecule has 1 aliphatic rings. The van der Waals surface area contributed by atoms with E-state index in [1.807, 2.05) is 11.4 Å². The van der Waals surface area contributed by atoms with Crippen LogP contribution in [0, 0.1) is 0 Å². The zero-order valence-corrected chi connectivity index (χ0v) is 14.0. The average Bonchev–Trinajstić information content (AvgIpc) is 2.93. The molecule has 1 aromatic rings. The molecule has 1 aromatic heterocycles. The van der Waals surface area contributed by atoms with Crippen LogP contribution in [-0.2, 0) is 11.2 Å². The Morgan fingerprint density at radius 2 is 2.19 bits per heavy atom. The molecule has 21 heavy (non-hydrogen) atoms. The number of nitrogens with zero attached hydrogens (tertiary/aromatic N) is 1. The van der Waals surface area contributed by atoms with Gasteiger partial charge in [-0.2, -0.15) is 0 Å². The Labute approximate surface area is 132 Å². The number of rotatable bonds is 8. The highest BCUT2D eigenvalue weighted by molar-refractivity contribution is 7.10. The summed E-state index contributed by atoms with van der Waals surface area (Å²) in [6.45, 7) is 5.29. The van der Waals surface area contributed by atoms with E-state index in [-0.39, 0.29) is 0 Å².